The van der Waals surface area contributed by atoms with Crippen LogP contribution in [0.25, 0.3) is 0 Å². The molecule has 1 rings (SSSR count). The summed E-state index contributed by atoms with van der Waals surface area (Å²) in [5.41, 5.74) is 5.06. The second-order valence-electron chi connectivity index (χ2n) is 5.13. The van der Waals surface area contributed by atoms with Gasteiger partial charge in [-0.05, 0) is 26.7 Å². The van der Waals surface area contributed by atoms with Crippen LogP contribution in [0.3, 0.4) is 0 Å². The van der Waals surface area contributed by atoms with E-state index in [2.05, 4.69) is 5.32 Å². The maximum Gasteiger partial charge on any atom is 0.240 e. The summed E-state index contributed by atoms with van der Waals surface area (Å²) in [7, 11) is 1.63. The Morgan fingerprint density at radius 3 is 2.47 bits per heavy atom. The molecule has 0 radical (unpaired) electrons. The van der Waals surface area contributed by atoms with E-state index in [1.54, 1.807) is 7.11 Å². The van der Waals surface area contributed by atoms with Gasteiger partial charge in [0.15, 0.2) is 0 Å². The fourth-order valence-electron chi connectivity index (χ4n) is 2.06. The van der Waals surface area contributed by atoms with Crippen LogP contribution in [0.4, 0.5) is 0 Å². The van der Waals surface area contributed by atoms with Gasteiger partial charge in [-0.25, -0.2) is 0 Å². The van der Waals surface area contributed by atoms with E-state index in [4.69, 9.17) is 10.5 Å². The molecule has 0 aromatic carbocycles. The van der Waals surface area contributed by atoms with Gasteiger partial charge in [0.1, 0.15) is 0 Å². The minimum absolute atomic E-state index is 0.0398. The number of rotatable bonds is 4. The van der Waals surface area contributed by atoms with Gasteiger partial charge in [-0.1, -0.05) is 12.8 Å². The monoisotopic (exact) mass is 214 g/mol. The average Bonchev–Trinajstić information content (AvgIpc) is 2.52. The fraction of sp³-hybridized carbons (Fsp3) is 0.909. The lowest BCUT2D eigenvalue weighted by molar-refractivity contribution is -0.128. The normalized spacial score (nSPS) is 20.3. The number of carbonyl (C=O) groups is 1. The minimum atomic E-state index is -0.648. The highest BCUT2D eigenvalue weighted by atomic mass is 16.5. The molecule has 0 aromatic heterocycles. The first-order valence-corrected chi connectivity index (χ1v) is 5.50. The quantitative estimate of drug-likeness (QED) is 0.727. The molecule has 0 atom stereocenters. The highest BCUT2D eigenvalue weighted by Gasteiger charge is 2.39. The molecule has 88 valence electrons. The average molecular weight is 214 g/mol. The van der Waals surface area contributed by atoms with Crippen LogP contribution < -0.4 is 11.1 Å². The topological polar surface area (TPSA) is 64.3 Å². The van der Waals surface area contributed by atoms with Crippen LogP contribution in [-0.2, 0) is 9.53 Å². The van der Waals surface area contributed by atoms with Crippen molar-refractivity contribution in [2.24, 2.45) is 5.73 Å². The van der Waals surface area contributed by atoms with Crippen LogP contribution in [0.1, 0.15) is 39.5 Å². The summed E-state index contributed by atoms with van der Waals surface area (Å²) in [6.45, 7) is 4.37. The molecular weight excluding hydrogens is 192 g/mol. The lowest BCUT2D eigenvalue weighted by Crippen LogP contribution is -2.58. The second kappa shape index (κ2) is 4.49. The van der Waals surface area contributed by atoms with Crippen molar-refractivity contribution in [3.63, 3.8) is 0 Å². The summed E-state index contributed by atoms with van der Waals surface area (Å²) in [5.74, 6) is -0.0398. The fourth-order valence-corrected chi connectivity index (χ4v) is 2.06. The molecule has 0 aliphatic heterocycles. The highest BCUT2D eigenvalue weighted by molar-refractivity contribution is 5.86. The SMILES string of the molecule is COCC(C)(C)NC(=O)C1(N)CCCC1. The summed E-state index contributed by atoms with van der Waals surface area (Å²) in [4.78, 5) is 12.0. The van der Waals surface area contributed by atoms with Gasteiger partial charge in [-0.2, -0.15) is 0 Å². The molecule has 1 amide bonds. The molecule has 1 aliphatic rings. The summed E-state index contributed by atoms with van der Waals surface area (Å²) in [6.07, 6.45) is 3.69. The Labute approximate surface area is 91.5 Å². The van der Waals surface area contributed by atoms with E-state index in [1.807, 2.05) is 13.8 Å². The smallest absolute Gasteiger partial charge is 0.240 e. The van der Waals surface area contributed by atoms with Crippen molar-refractivity contribution >= 4 is 5.91 Å². The van der Waals surface area contributed by atoms with Crippen LogP contribution in [0.15, 0.2) is 0 Å². The Morgan fingerprint density at radius 1 is 1.47 bits per heavy atom. The molecule has 3 N–H and O–H groups in total. The first-order valence-electron chi connectivity index (χ1n) is 5.50. The van der Waals surface area contributed by atoms with E-state index in [-0.39, 0.29) is 11.4 Å². The van der Waals surface area contributed by atoms with Crippen molar-refractivity contribution in [2.75, 3.05) is 13.7 Å². The van der Waals surface area contributed by atoms with Gasteiger partial charge in [0.2, 0.25) is 5.91 Å². The zero-order valence-corrected chi connectivity index (χ0v) is 9.93. The van der Waals surface area contributed by atoms with Crippen molar-refractivity contribution in [2.45, 2.75) is 50.6 Å². The molecule has 15 heavy (non-hydrogen) atoms. The van der Waals surface area contributed by atoms with E-state index in [0.717, 1.165) is 25.7 Å². The Bertz CT molecular complexity index is 233. The predicted molar refractivity (Wildman–Crippen MR) is 59.5 cm³/mol. The zero-order valence-electron chi connectivity index (χ0n) is 9.93. The molecule has 0 bridgehead atoms. The van der Waals surface area contributed by atoms with Gasteiger partial charge in [0, 0.05) is 7.11 Å². The maximum atomic E-state index is 12.0. The molecular formula is C11H22N2O2. The van der Waals surface area contributed by atoms with Crippen LogP contribution in [-0.4, -0.2) is 30.7 Å². The number of methoxy groups -OCH3 is 1. The molecule has 1 aliphatic carbocycles. The number of hydrogen-bond acceptors (Lipinski definition) is 3. The molecule has 0 spiro atoms. The molecule has 4 nitrogen and oxygen atoms in total. The molecule has 1 fully saturated rings. The third-order valence-corrected chi connectivity index (χ3v) is 2.91. The molecule has 0 heterocycles. The third-order valence-electron chi connectivity index (χ3n) is 2.91. The predicted octanol–water partition coefficient (Wildman–Crippen LogP) is 0.799. The van der Waals surface area contributed by atoms with Crippen LogP contribution >= 0.6 is 0 Å². The van der Waals surface area contributed by atoms with Crippen LogP contribution in [0, 0.1) is 0 Å². The first kappa shape index (κ1) is 12.5. The standard InChI is InChI=1S/C11H22N2O2/c1-10(2,8-15-3)13-9(14)11(12)6-4-5-7-11/h4-8,12H2,1-3H3,(H,13,14). The molecule has 0 aromatic rings. The van der Waals surface area contributed by atoms with E-state index < -0.39 is 5.54 Å². The largest absolute Gasteiger partial charge is 0.382 e. The number of nitrogens with one attached hydrogen (secondary N) is 1. The third kappa shape index (κ3) is 3.18. The lowest BCUT2D eigenvalue weighted by atomic mass is 9.96. The minimum Gasteiger partial charge on any atom is -0.382 e. The molecule has 0 unspecified atom stereocenters. The van der Waals surface area contributed by atoms with Gasteiger partial charge in [0.05, 0.1) is 17.7 Å². The lowest BCUT2D eigenvalue weighted by Gasteiger charge is -2.31. The highest BCUT2D eigenvalue weighted by Crippen LogP contribution is 2.27. The second-order valence-corrected chi connectivity index (χ2v) is 5.13. The van der Waals surface area contributed by atoms with Crippen molar-refractivity contribution in [3.8, 4) is 0 Å². The van der Waals surface area contributed by atoms with E-state index >= 15 is 0 Å². The van der Waals surface area contributed by atoms with Gasteiger partial charge < -0.3 is 15.8 Å². The molecule has 1 saturated carbocycles. The van der Waals surface area contributed by atoms with Crippen molar-refractivity contribution in [1.29, 1.82) is 0 Å². The summed E-state index contributed by atoms with van der Waals surface area (Å²) >= 11 is 0. The first-order chi connectivity index (χ1) is 6.90. The Hall–Kier alpha value is -0.610. The zero-order chi connectivity index (χ0) is 11.5. The number of hydrogen-bond donors (Lipinski definition) is 2. The van der Waals surface area contributed by atoms with Gasteiger partial charge in [-0.15, -0.1) is 0 Å². The van der Waals surface area contributed by atoms with Crippen LogP contribution in [0.2, 0.25) is 0 Å². The Kier molecular flexibility index (Phi) is 3.73. The summed E-state index contributed by atoms with van der Waals surface area (Å²) < 4.78 is 5.05. The van der Waals surface area contributed by atoms with Gasteiger partial charge in [0.25, 0.3) is 0 Å². The number of carbonyl (C=O) groups excluding carboxylic acids is 1. The number of ether oxygens (including phenoxy) is 1. The van der Waals surface area contributed by atoms with Crippen molar-refractivity contribution in [1.82, 2.24) is 5.32 Å². The number of nitrogens with two attached hydrogens (primary N) is 1. The van der Waals surface area contributed by atoms with Gasteiger partial charge in [-0.3, -0.25) is 4.79 Å². The Balaban J connectivity index is 2.54. The number of amides is 1. The van der Waals surface area contributed by atoms with Crippen LogP contribution in [0.5, 0.6) is 0 Å². The maximum absolute atomic E-state index is 12.0. The summed E-state index contributed by atoms with van der Waals surface area (Å²) in [6, 6.07) is 0. The van der Waals surface area contributed by atoms with E-state index in [0.29, 0.717) is 6.61 Å². The van der Waals surface area contributed by atoms with E-state index in [9.17, 15) is 4.79 Å². The Morgan fingerprint density at radius 2 is 2.00 bits per heavy atom. The molecule has 4 heteroatoms. The summed E-state index contributed by atoms with van der Waals surface area (Å²) in [5, 5.41) is 2.95. The van der Waals surface area contributed by atoms with Crippen molar-refractivity contribution < 1.29 is 9.53 Å². The van der Waals surface area contributed by atoms with Crippen molar-refractivity contribution in [3.05, 3.63) is 0 Å². The van der Waals surface area contributed by atoms with Gasteiger partial charge >= 0.3 is 0 Å². The van der Waals surface area contributed by atoms with E-state index in [1.165, 1.54) is 0 Å². The molecule has 0 saturated heterocycles.